The lowest BCUT2D eigenvalue weighted by atomic mass is 10.1. The fourth-order valence-electron chi connectivity index (χ4n) is 3.01. The molecule has 1 aliphatic rings. The first-order chi connectivity index (χ1) is 12.5. The second kappa shape index (κ2) is 7.66. The number of fused-ring (bicyclic) bond motifs is 1. The van der Waals surface area contributed by atoms with Gasteiger partial charge in [-0.05, 0) is 48.4 Å². The lowest BCUT2D eigenvalue weighted by molar-refractivity contribution is -0.116. The molecule has 0 atom stereocenters. The molecule has 2 aromatic carbocycles. The van der Waals surface area contributed by atoms with E-state index in [1.54, 1.807) is 43.2 Å². The molecule has 0 fully saturated rings. The van der Waals surface area contributed by atoms with Crippen LogP contribution in [-0.4, -0.2) is 32.0 Å². The highest BCUT2D eigenvalue weighted by Gasteiger charge is 2.22. The normalized spacial score (nSPS) is 12.5. The average molecular weight is 374 g/mol. The van der Waals surface area contributed by atoms with Crippen molar-refractivity contribution in [3.05, 3.63) is 47.0 Å². The smallest absolute Gasteiger partial charge is 0.243 e. The molecule has 136 valence electrons. The van der Waals surface area contributed by atoms with Crippen LogP contribution in [0, 0.1) is 0 Å². The number of nitrogens with zero attached hydrogens (tertiary/aromatic N) is 1. The molecule has 2 aromatic rings. The molecule has 0 aromatic heterocycles. The summed E-state index contributed by atoms with van der Waals surface area (Å²) in [5, 5.41) is 6.44. The molecule has 0 bridgehead atoms. The van der Waals surface area contributed by atoms with Gasteiger partial charge in [-0.3, -0.25) is 9.59 Å². The van der Waals surface area contributed by atoms with Gasteiger partial charge < -0.3 is 20.3 Å². The number of rotatable bonds is 5. The third-order valence-corrected chi connectivity index (χ3v) is 4.47. The zero-order valence-electron chi connectivity index (χ0n) is 14.6. The lowest BCUT2D eigenvalue weighted by Crippen LogP contribution is -2.25. The van der Waals surface area contributed by atoms with Gasteiger partial charge in [0.2, 0.25) is 11.8 Å². The summed E-state index contributed by atoms with van der Waals surface area (Å²) >= 11 is 5.98. The molecule has 0 spiro atoms. The third-order valence-electron chi connectivity index (χ3n) is 4.24. The maximum absolute atomic E-state index is 12.2. The molecule has 0 saturated carbocycles. The van der Waals surface area contributed by atoms with Crippen molar-refractivity contribution < 1.29 is 14.3 Å². The van der Waals surface area contributed by atoms with Gasteiger partial charge in [-0.2, -0.15) is 0 Å². The van der Waals surface area contributed by atoms with Gasteiger partial charge in [0.1, 0.15) is 5.75 Å². The van der Waals surface area contributed by atoms with Crippen molar-refractivity contribution in [3.63, 3.8) is 0 Å². The number of anilines is 3. The first-order valence-corrected chi connectivity index (χ1v) is 8.64. The van der Waals surface area contributed by atoms with E-state index in [0.717, 1.165) is 17.7 Å². The van der Waals surface area contributed by atoms with E-state index in [1.807, 2.05) is 12.1 Å². The van der Waals surface area contributed by atoms with Crippen molar-refractivity contribution in [3.8, 4) is 5.75 Å². The van der Waals surface area contributed by atoms with Crippen LogP contribution in [0.5, 0.6) is 5.75 Å². The van der Waals surface area contributed by atoms with E-state index in [4.69, 9.17) is 16.3 Å². The van der Waals surface area contributed by atoms with Crippen LogP contribution in [0.4, 0.5) is 17.1 Å². The number of hydrogen-bond donors (Lipinski definition) is 2. The molecule has 1 heterocycles. The fraction of sp³-hybridized carbons (Fsp3) is 0.263. The van der Waals surface area contributed by atoms with Crippen LogP contribution in [0.2, 0.25) is 5.02 Å². The van der Waals surface area contributed by atoms with E-state index in [2.05, 4.69) is 10.6 Å². The van der Waals surface area contributed by atoms with Crippen molar-refractivity contribution in [2.45, 2.75) is 13.3 Å². The first-order valence-electron chi connectivity index (χ1n) is 8.26. The number of halogens is 1. The molecule has 0 unspecified atom stereocenters. The van der Waals surface area contributed by atoms with Gasteiger partial charge in [0.05, 0.1) is 19.3 Å². The highest BCUT2D eigenvalue weighted by molar-refractivity contribution is 6.31. The predicted molar refractivity (Wildman–Crippen MR) is 103 cm³/mol. The number of amides is 2. The Labute approximate surface area is 157 Å². The second-order valence-corrected chi connectivity index (χ2v) is 6.45. The molecule has 26 heavy (non-hydrogen) atoms. The Hall–Kier alpha value is -2.73. The molecule has 2 amide bonds. The second-order valence-electron chi connectivity index (χ2n) is 6.01. The SMILES string of the molecule is COc1ccc(Cl)cc1NCC(=O)Nc1ccc2c(c1)CCN2C(C)=O. The predicted octanol–water partition coefficient (Wildman–Crippen LogP) is 3.31. The Balaban J connectivity index is 1.63. The maximum atomic E-state index is 12.2. The monoisotopic (exact) mass is 373 g/mol. The van der Waals surface area contributed by atoms with Gasteiger partial charge >= 0.3 is 0 Å². The number of carbonyl (C=O) groups excluding carboxylic acids is 2. The summed E-state index contributed by atoms with van der Waals surface area (Å²) in [6.07, 6.45) is 0.788. The molecule has 0 aliphatic carbocycles. The van der Waals surface area contributed by atoms with Crippen molar-refractivity contribution in [1.29, 1.82) is 0 Å². The first kappa shape index (κ1) is 18.1. The van der Waals surface area contributed by atoms with Crippen molar-refractivity contribution >= 4 is 40.5 Å². The number of nitrogens with one attached hydrogen (secondary N) is 2. The Kier molecular flexibility index (Phi) is 5.32. The fourth-order valence-corrected chi connectivity index (χ4v) is 3.18. The van der Waals surface area contributed by atoms with Gasteiger partial charge in [-0.25, -0.2) is 0 Å². The Morgan fingerprint density at radius 3 is 2.77 bits per heavy atom. The molecule has 0 saturated heterocycles. The van der Waals surface area contributed by atoms with Crippen LogP contribution in [0.3, 0.4) is 0 Å². The number of hydrogen-bond acceptors (Lipinski definition) is 4. The van der Waals surface area contributed by atoms with E-state index in [-0.39, 0.29) is 18.4 Å². The maximum Gasteiger partial charge on any atom is 0.243 e. The molecule has 3 rings (SSSR count). The zero-order valence-corrected chi connectivity index (χ0v) is 15.4. The summed E-state index contributed by atoms with van der Waals surface area (Å²) in [5.74, 6) is 0.456. The van der Waals surface area contributed by atoms with Crippen molar-refractivity contribution in [2.75, 3.05) is 35.7 Å². The third kappa shape index (κ3) is 3.91. The Morgan fingerprint density at radius 2 is 2.04 bits per heavy atom. The van der Waals surface area contributed by atoms with E-state index in [9.17, 15) is 9.59 Å². The molecule has 0 radical (unpaired) electrons. The van der Waals surface area contributed by atoms with Crippen LogP contribution in [0.1, 0.15) is 12.5 Å². The van der Waals surface area contributed by atoms with E-state index < -0.39 is 0 Å². The number of methoxy groups -OCH3 is 1. The minimum Gasteiger partial charge on any atom is -0.495 e. The molecule has 6 nitrogen and oxygen atoms in total. The summed E-state index contributed by atoms with van der Waals surface area (Å²) in [7, 11) is 1.56. The number of benzene rings is 2. The minimum atomic E-state index is -0.187. The lowest BCUT2D eigenvalue weighted by Gasteiger charge is -2.15. The van der Waals surface area contributed by atoms with Gasteiger partial charge in [0.15, 0.2) is 0 Å². The van der Waals surface area contributed by atoms with Gasteiger partial charge in [0, 0.05) is 29.9 Å². The summed E-state index contributed by atoms with van der Waals surface area (Å²) < 4.78 is 5.25. The highest BCUT2D eigenvalue weighted by atomic mass is 35.5. The zero-order chi connectivity index (χ0) is 18.7. The van der Waals surface area contributed by atoms with E-state index in [0.29, 0.717) is 28.7 Å². The quantitative estimate of drug-likeness (QED) is 0.843. The topological polar surface area (TPSA) is 70.7 Å². The minimum absolute atomic E-state index is 0.0280. The average Bonchev–Trinajstić information content (AvgIpc) is 3.03. The van der Waals surface area contributed by atoms with Crippen molar-refractivity contribution in [1.82, 2.24) is 0 Å². The molecular formula is C19H20ClN3O3. The highest BCUT2D eigenvalue weighted by Crippen LogP contribution is 2.30. The molecule has 7 heteroatoms. The molecular weight excluding hydrogens is 354 g/mol. The molecule has 2 N–H and O–H groups in total. The van der Waals surface area contributed by atoms with Gasteiger partial charge in [0.25, 0.3) is 0 Å². The number of carbonyl (C=O) groups is 2. The summed E-state index contributed by atoms with van der Waals surface area (Å²) in [4.78, 5) is 25.6. The van der Waals surface area contributed by atoms with Crippen LogP contribution >= 0.6 is 11.6 Å². The van der Waals surface area contributed by atoms with E-state index in [1.165, 1.54) is 0 Å². The van der Waals surface area contributed by atoms with Crippen LogP contribution < -0.4 is 20.3 Å². The van der Waals surface area contributed by atoms with Gasteiger partial charge in [-0.1, -0.05) is 11.6 Å². The standard InChI is InChI=1S/C19H20ClN3O3/c1-12(24)23-8-7-13-9-15(4-5-17(13)23)22-19(25)11-21-16-10-14(20)3-6-18(16)26-2/h3-6,9-10,21H,7-8,11H2,1-2H3,(H,22,25). The van der Waals surface area contributed by atoms with Crippen LogP contribution in [0.25, 0.3) is 0 Å². The Bertz CT molecular complexity index is 854. The Morgan fingerprint density at radius 1 is 1.23 bits per heavy atom. The van der Waals surface area contributed by atoms with Crippen LogP contribution in [-0.2, 0) is 16.0 Å². The van der Waals surface area contributed by atoms with Crippen molar-refractivity contribution in [2.24, 2.45) is 0 Å². The summed E-state index contributed by atoms with van der Waals surface area (Å²) in [5.41, 5.74) is 3.33. The molecule has 1 aliphatic heterocycles. The summed E-state index contributed by atoms with van der Waals surface area (Å²) in [6, 6.07) is 10.8. The largest absolute Gasteiger partial charge is 0.495 e. The van der Waals surface area contributed by atoms with E-state index >= 15 is 0 Å². The number of ether oxygens (including phenoxy) is 1. The summed E-state index contributed by atoms with van der Waals surface area (Å²) in [6.45, 7) is 2.31. The van der Waals surface area contributed by atoms with Gasteiger partial charge in [-0.15, -0.1) is 0 Å². The van der Waals surface area contributed by atoms with Crippen LogP contribution in [0.15, 0.2) is 36.4 Å².